The zero-order valence-corrected chi connectivity index (χ0v) is 28.9. The molecule has 252 valence electrons. The van der Waals surface area contributed by atoms with Crippen molar-refractivity contribution in [1.82, 2.24) is 15.0 Å². The molecular formula is C49H29N3O2. The molecule has 0 aliphatic rings. The van der Waals surface area contributed by atoms with E-state index in [1.165, 1.54) is 21.9 Å². The fourth-order valence-corrected chi connectivity index (χ4v) is 7.57. The predicted molar refractivity (Wildman–Crippen MR) is 219 cm³/mol. The molecule has 8 aromatic carbocycles. The molecule has 0 atom stereocenters. The van der Waals surface area contributed by atoms with Crippen LogP contribution < -0.4 is 0 Å². The van der Waals surface area contributed by atoms with Gasteiger partial charge in [-0.2, -0.15) is 0 Å². The molecule has 11 rings (SSSR count). The molecule has 0 aliphatic heterocycles. The number of benzene rings is 8. The quantitative estimate of drug-likeness (QED) is 0.180. The minimum Gasteiger partial charge on any atom is -0.456 e. The van der Waals surface area contributed by atoms with Gasteiger partial charge in [-0.25, -0.2) is 15.0 Å². The monoisotopic (exact) mass is 691 g/mol. The molecule has 0 radical (unpaired) electrons. The van der Waals surface area contributed by atoms with Crippen molar-refractivity contribution in [3.05, 3.63) is 176 Å². The van der Waals surface area contributed by atoms with Crippen molar-refractivity contribution >= 4 is 54.6 Å². The third-order valence-electron chi connectivity index (χ3n) is 10.3. The Hall–Kier alpha value is -7.37. The summed E-state index contributed by atoms with van der Waals surface area (Å²) < 4.78 is 12.5. The van der Waals surface area contributed by atoms with E-state index in [4.69, 9.17) is 23.8 Å². The van der Waals surface area contributed by atoms with Crippen LogP contribution >= 0.6 is 0 Å². The first-order valence-electron chi connectivity index (χ1n) is 18.0. The number of fused-ring (bicyclic) bond motifs is 7. The smallest absolute Gasteiger partial charge is 0.164 e. The lowest BCUT2D eigenvalue weighted by molar-refractivity contribution is 0.668. The second kappa shape index (κ2) is 12.1. The normalized spacial score (nSPS) is 11.7. The summed E-state index contributed by atoms with van der Waals surface area (Å²) in [5.41, 5.74) is 10.5. The van der Waals surface area contributed by atoms with Gasteiger partial charge in [0.1, 0.15) is 22.3 Å². The highest BCUT2D eigenvalue weighted by Crippen LogP contribution is 2.36. The first-order chi connectivity index (χ1) is 26.7. The third kappa shape index (κ3) is 5.13. The Morgan fingerprint density at radius 2 is 0.667 bits per heavy atom. The number of rotatable bonds is 5. The topological polar surface area (TPSA) is 65.0 Å². The van der Waals surface area contributed by atoms with Crippen molar-refractivity contribution < 1.29 is 8.83 Å². The maximum Gasteiger partial charge on any atom is 0.164 e. The van der Waals surface area contributed by atoms with Crippen LogP contribution in [-0.4, -0.2) is 15.0 Å². The maximum atomic E-state index is 6.26. The summed E-state index contributed by atoms with van der Waals surface area (Å²) in [4.78, 5) is 15.2. The molecule has 5 heteroatoms. The van der Waals surface area contributed by atoms with E-state index in [0.717, 1.165) is 71.7 Å². The number of hydrogen-bond donors (Lipinski definition) is 0. The lowest BCUT2D eigenvalue weighted by Crippen LogP contribution is -2.00. The Balaban J connectivity index is 1.03. The number of hydrogen-bond acceptors (Lipinski definition) is 5. The highest BCUT2D eigenvalue weighted by Gasteiger charge is 2.17. The largest absolute Gasteiger partial charge is 0.456 e. The molecule has 0 fully saturated rings. The Bertz CT molecular complexity index is 3100. The standard InChI is InChI=1S/C49H29N3O2/c1-2-9-30(10-3-1)32-17-18-35-26-33(19-20-34(35)25-32)31-11-8-12-36(27-31)47-50-48(37-21-23-41-39-13-4-6-15-43(39)53-45(41)28-37)52-49(51-47)38-22-24-42-40-14-5-7-16-44(40)54-46(42)29-38/h1-29H. The van der Waals surface area contributed by atoms with Gasteiger partial charge in [-0.05, 0) is 87.6 Å². The van der Waals surface area contributed by atoms with Gasteiger partial charge in [-0.3, -0.25) is 0 Å². The molecule has 0 N–H and O–H groups in total. The lowest BCUT2D eigenvalue weighted by atomic mass is 9.97. The van der Waals surface area contributed by atoms with Crippen LogP contribution in [0.15, 0.2) is 185 Å². The summed E-state index contributed by atoms with van der Waals surface area (Å²) in [6.07, 6.45) is 0. The average Bonchev–Trinajstić information content (AvgIpc) is 3.81. The van der Waals surface area contributed by atoms with E-state index >= 15 is 0 Å². The zero-order chi connectivity index (χ0) is 35.6. The van der Waals surface area contributed by atoms with Crippen LogP contribution in [0.25, 0.3) is 111 Å². The summed E-state index contributed by atoms with van der Waals surface area (Å²) in [5.74, 6) is 1.71. The van der Waals surface area contributed by atoms with Gasteiger partial charge in [0.05, 0.1) is 0 Å². The van der Waals surface area contributed by atoms with Crippen molar-refractivity contribution in [2.75, 3.05) is 0 Å². The van der Waals surface area contributed by atoms with Gasteiger partial charge >= 0.3 is 0 Å². The summed E-state index contributed by atoms with van der Waals surface area (Å²) in [5, 5.41) is 6.65. The van der Waals surface area contributed by atoms with Gasteiger partial charge in [0.25, 0.3) is 0 Å². The number of furan rings is 2. The number of para-hydroxylation sites is 2. The van der Waals surface area contributed by atoms with Gasteiger partial charge in [0, 0.05) is 38.2 Å². The number of nitrogens with zero attached hydrogens (tertiary/aromatic N) is 3. The van der Waals surface area contributed by atoms with Crippen molar-refractivity contribution in [1.29, 1.82) is 0 Å². The SMILES string of the molecule is c1ccc(-c2ccc3cc(-c4cccc(-c5nc(-c6ccc7c(c6)oc6ccccc67)nc(-c6ccc7c(c6)oc6ccccc67)n5)c4)ccc3c2)cc1. The Morgan fingerprint density at radius 3 is 1.24 bits per heavy atom. The summed E-state index contributed by atoms with van der Waals surface area (Å²) in [6, 6.07) is 60.7. The van der Waals surface area contributed by atoms with Crippen LogP contribution in [0.3, 0.4) is 0 Å². The fourth-order valence-electron chi connectivity index (χ4n) is 7.57. The van der Waals surface area contributed by atoms with Crippen LogP contribution in [0, 0.1) is 0 Å². The molecule has 0 saturated carbocycles. The van der Waals surface area contributed by atoms with E-state index < -0.39 is 0 Å². The van der Waals surface area contributed by atoms with Gasteiger partial charge in [0.2, 0.25) is 0 Å². The summed E-state index contributed by atoms with van der Waals surface area (Å²) in [7, 11) is 0. The van der Waals surface area contributed by atoms with Crippen molar-refractivity contribution in [2.45, 2.75) is 0 Å². The number of aromatic nitrogens is 3. The first-order valence-corrected chi connectivity index (χ1v) is 18.0. The van der Waals surface area contributed by atoms with Crippen LogP contribution in [0.5, 0.6) is 0 Å². The van der Waals surface area contributed by atoms with E-state index in [1.54, 1.807) is 0 Å². The van der Waals surface area contributed by atoms with E-state index in [0.29, 0.717) is 17.5 Å². The van der Waals surface area contributed by atoms with Crippen molar-refractivity contribution in [3.8, 4) is 56.4 Å². The van der Waals surface area contributed by atoms with E-state index in [1.807, 2.05) is 54.6 Å². The minimum absolute atomic E-state index is 0.562. The van der Waals surface area contributed by atoms with Gasteiger partial charge in [0.15, 0.2) is 17.5 Å². The second-order valence-corrected chi connectivity index (χ2v) is 13.6. The molecule has 0 aliphatic carbocycles. The molecular weight excluding hydrogens is 663 g/mol. The molecule has 0 saturated heterocycles. The van der Waals surface area contributed by atoms with Crippen LogP contribution in [0.2, 0.25) is 0 Å². The minimum atomic E-state index is 0.562. The van der Waals surface area contributed by atoms with Crippen LogP contribution in [0.1, 0.15) is 0 Å². The van der Waals surface area contributed by atoms with Crippen LogP contribution in [-0.2, 0) is 0 Å². The zero-order valence-electron chi connectivity index (χ0n) is 28.9. The predicted octanol–water partition coefficient (Wildman–Crippen LogP) is 13.2. The molecule has 0 spiro atoms. The van der Waals surface area contributed by atoms with Crippen molar-refractivity contribution in [3.63, 3.8) is 0 Å². The average molecular weight is 692 g/mol. The highest BCUT2D eigenvalue weighted by molar-refractivity contribution is 6.07. The van der Waals surface area contributed by atoms with Gasteiger partial charge in [-0.15, -0.1) is 0 Å². The molecule has 0 unspecified atom stereocenters. The molecule has 0 bridgehead atoms. The molecule has 3 heterocycles. The Morgan fingerprint density at radius 1 is 0.259 bits per heavy atom. The van der Waals surface area contributed by atoms with Crippen molar-refractivity contribution in [2.24, 2.45) is 0 Å². The molecule has 3 aromatic heterocycles. The maximum absolute atomic E-state index is 6.26. The summed E-state index contributed by atoms with van der Waals surface area (Å²) >= 11 is 0. The van der Waals surface area contributed by atoms with E-state index in [2.05, 4.69) is 121 Å². The van der Waals surface area contributed by atoms with Crippen LogP contribution in [0.4, 0.5) is 0 Å². The van der Waals surface area contributed by atoms with Gasteiger partial charge in [-0.1, -0.05) is 121 Å². The van der Waals surface area contributed by atoms with E-state index in [9.17, 15) is 0 Å². The molecule has 0 amide bonds. The molecule has 11 aromatic rings. The Labute approximate surface area is 309 Å². The first kappa shape index (κ1) is 30.3. The van der Waals surface area contributed by atoms with Gasteiger partial charge < -0.3 is 8.83 Å². The molecule has 54 heavy (non-hydrogen) atoms. The second-order valence-electron chi connectivity index (χ2n) is 13.6. The lowest BCUT2D eigenvalue weighted by Gasteiger charge is -2.10. The van der Waals surface area contributed by atoms with E-state index in [-0.39, 0.29) is 0 Å². The highest BCUT2D eigenvalue weighted by atomic mass is 16.3. The molecule has 5 nitrogen and oxygen atoms in total. The Kier molecular flexibility index (Phi) is 6.79. The summed E-state index contributed by atoms with van der Waals surface area (Å²) in [6.45, 7) is 0. The third-order valence-corrected chi connectivity index (χ3v) is 10.3. The fraction of sp³-hybridized carbons (Fsp3) is 0.